The summed E-state index contributed by atoms with van der Waals surface area (Å²) in [6, 6.07) is 9.65. The zero-order valence-corrected chi connectivity index (χ0v) is 12.6. The summed E-state index contributed by atoms with van der Waals surface area (Å²) in [6.07, 6.45) is 3.20. The van der Waals surface area contributed by atoms with Crippen LogP contribution in [0.15, 0.2) is 36.5 Å². The summed E-state index contributed by atoms with van der Waals surface area (Å²) in [5.74, 6) is 0.467. The van der Waals surface area contributed by atoms with E-state index in [1.165, 1.54) is 0 Å². The zero-order chi connectivity index (χ0) is 15.2. The number of aromatic nitrogens is 1. The second-order valence-electron chi connectivity index (χ2n) is 5.67. The van der Waals surface area contributed by atoms with Gasteiger partial charge in [0.1, 0.15) is 0 Å². The van der Waals surface area contributed by atoms with Crippen molar-refractivity contribution in [3.8, 4) is 0 Å². The number of nitrogens with one attached hydrogen (secondary N) is 1. The number of fused-ring (bicyclic) bond motifs is 1. The Balaban J connectivity index is 1.86. The van der Waals surface area contributed by atoms with Gasteiger partial charge in [-0.2, -0.15) is 0 Å². The quantitative estimate of drug-likeness (QED) is 0.886. The third-order valence-corrected chi connectivity index (χ3v) is 3.48. The number of amides is 1. The van der Waals surface area contributed by atoms with Crippen LogP contribution in [0.5, 0.6) is 0 Å². The summed E-state index contributed by atoms with van der Waals surface area (Å²) in [5, 5.41) is 3.89. The summed E-state index contributed by atoms with van der Waals surface area (Å²) in [4.78, 5) is 23.9. The van der Waals surface area contributed by atoms with Crippen LogP contribution in [0.2, 0.25) is 0 Å². The highest BCUT2D eigenvalue weighted by Crippen LogP contribution is 2.15. The molecule has 1 amide bonds. The summed E-state index contributed by atoms with van der Waals surface area (Å²) < 4.78 is 1.62. The molecule has 0 atom stereocenters. The van der Waals surface area contributed by atoms with E-state index in [0.717, 1.165) is 17.3 Å². The molecular formula is C17H22N2O2. The molecule has 0 aliphatic carbocycles. The molecule has 1 aromatic heterocycles. The molecule has 0 radical (unpaired) electrons. The summed E-state index contributed by atoms with van der Waals surface area (Å²) >= 11 is 0. The van der Waals surface area contributed by atoms with E-state index < -0.39 is 0 Å². The smallest absolute Gasteiger partial charge is 0.231 e. The molecule has 0 bridgehead atoms. The van der Waals surface area contributed by atoms with E-state index in [0.29, 0.717) is 12.5 Å². The fourth-order valence-corrected chi connectivity index (χ4v) is 2.23. The zero-order valence-electron chi connectivity index (χ0n) is 12.6. The maximum atomic E-state index is 12.2. The predicted octanol–water partition coefficient (Wildman–Crippen LogP) is 3.22. The minimum Gasteiger partial charge on any atom is -0.356 e. The maximum Gasteiger partial charge on any atom is 0.231 e. The first kappa shape index (κ1) is 15.3. The van der Waals surface area contributed by atoms with E-state index in [9.17, 15) is 9.59 Å². The number of carbonyl (C=O) groups is 2. The Hall–Kier alpha value is -2.10. The molecule has 0 fully saturated rings. The van der Waals surface area contributed by atoms with Gasteiger partial charge in [-0.3, -0.25) is 14.2 Å². The van der Waals surface area contributed by atoms with Gasteiger partial charge >= 0.3 is 0 Å². The fraction of sp³-hybridized carbons (Fsp3) is 0.412. The van der Waals surface area contributed by atoms with E-state index in [4.69, 9.17) is 0 Å². The molecule has 21 heavy (non-hydrogen) atoms. The number of hydrogen-bond donors (Lipinski definition) is 1. The molecule has 112 valence electrons. The minimum absolute atomic E-state index is 0.0461. The molecule has 4 heteroatoms. The number of rotatable bonds is 6. The van der Waals surface area contributed by atoms with Crippen LogP contribution in [0.25, 0.3) is 10.9 Å². The van der Waals surface area contributed by atoms with E-state index in [2.05, 4.69) is 19.2 Å². The first-order chi connectivity index (χ1) is 10.1. The number of para-hydroxylation sites is 1. The number of hydrogen-bond acceptors (Lipinski definition) is 2. The fourth-order valence-electron chi connectivity index (χ4n) is 2.23. The van der Waals surface area contributed by atoms with Gasteiger partial charge in [0.25, 0.3) is 0 Å². The Bertz CT molecular complexity index is 629. The molecule has 0 saturated carbocycles. The summed E-state index contributed by atoms with van der Waals surface area (Å²) in [6.45, 7) is 4.91. The lowest BCUT2D eigenvalue weighted by atomic mass is 10.1. The van der Waals surface area contributed by atoms with E-state index in [1.54, 1.807) is 10.8 Å². The highest BCUT2D eigenvalue weighted by atomic mass is 16.2. The largest absolute Gasteiger partial charge is 0.356 e. The third-order valence-electron chi connectivity index (χ3n) is 3.48. The second kappa shape index (κ2) is 7.07. The van der Waals surface area contributed by atoms with E-state index in [-0.39, 0.29) is 24.7 Å². The molecule has 1 N–H and O–H groups in total. The van der Waals surface area contributed by atoms with Gasteiger partial charge in [0.05, 0.1) is 5.52 Å². The molecule has 0 spiro atoms. The van der Waals surface area contributed by atoms with Crippen molar-refractivity contribution in [3.05, 3.63) is 36.5 Å². The van der Waals surface area contributed by atoms with Crippen molar-refractivity contribution in [3.63, 3.8) is 0 Å². The molecule has 4 nitrogen and oxygen atoms in total. The van der Waals surface area contributed by atoms with Gasteiger partial charge in [-0.15, -0.1) is 0 Å². The highest BCUT2D eigenvalue weighted by Gasteiger charge is 2.11. The van der Waals surface area contributed by atoms with Crippen LogP contribution in [0, 0.1) is 5.92 Å². The lowest BCUT2D eigenvalue weighted by Gasteiger charge is -2.07. The van der Waals surface area contributed by atoms with Crippen molar-refractivity contribution in [1.29, 1.82) is 0 Å². The third kappa shape index (κ3) is 4.18. The van der Waals surface area contributed by atoms with Crippen molar-refractivity contribution >= 4 is 22.7 Å². The Kier molecular flexibility index (Phi) is 5.14. The van der Waals surface area contributed by atoms with Crippen molar-refractivity contribution in [2.24, 2.45) is 5.92 Å². The van der Waals surface area contributed by atoms with Crippen molar-refractivity contribution in [1.82, 2.24) is 9.88 Å². The van der Waals surface area contributed by atoms with Crippen LogP contribution in [-0.2, 0) is 4.79 Å². The number of carbonyl (C=O) groups excluding carboxylic acids is 2. The minimum atomic E-state index is -0.0551. The normalized spacial score (nSPS) is 11.0. The van der Waals surface area contributed by atoms with Gasteiger partial charge in [-0.05, 0) is 24.5 Å². The molecule has 2 rings (SSSR count). The molecule has 2 aromatic rings. The number of benzene rings is 1. The van der Waals surface area contributed by atoms with Crippen LogP contribution >= 0.6 is 0 Å². The maximum absolute atomic E-state index is 12.2. The summed E-state index contributed by atoms with van der Waals surface area (Å²) in [5.41, 5.74) is 0.891. The van der Waals surface area contributed by atoms with Crippen LogP contribution < -0.4 is 5.32 Å². The van der Waals surface area contributed by atoms with E-state index in [1.807, 2.05) is 30.3 Å². The SMILES string of the molecule is CC(C)CCNC(=O)CCC(=O)n1ccc2ccccc21. The lowest BCUT2D eigenvalue weighted by Crippen LogP contribution is -2.26. The molecule has 0 aliphatic heterocycles. The molecular weight excluding hydrogens is 264 g/mol. The van der Waals surface area contributed by atoms with Crippen LogP contribution in [-0.4, -0.2) is 22.9 Å². The second-order valence-corrected chi connectivity index (χ2v) is 5.67. The topological polar surface area (TPSA) is 51.1 Å². The molecule has 0 unspecified atom stereocenters. The van der Waals surface area contributed by atoms with Gasteiger partial charge in [0.15, 0.2) is 0 Å². The van der Waals surface area contributed by atoms with Gasteiger partial charge in [-0.1, -0.05) is 32.0 Å². The molecule has 1 heterocycles. The number of nitrogens with zero attached hydrogens (tertiary/aromatic N) is 1. The Morgan fingerprint density at radius 3 is 2.67 bits per heavy atom. The monoisotopic (exact) mass is 286 g/mol. The van der Waals surface area contributed by atoms with Crippen molar-refractivity contribution in [2.75, 3.05) is 6.54 Å². The van der Waals surface area contributed by atoms with Crippen LogP contribution in [0.3, 0.4) is 0 Å². The lowest BCUT2D eigenvalue weighted by molar-refractivity contribution is -0.121. The molecule has 1 aromatic carbocycles. The van der Waals surface area contributed by atoms with Gasteiger partial charge < -0.3 is 5.32 Å². The van der Waals surface area contributed by atoms with Crippen LogP contribution in [0.1, 0.15) is 37.9 Å². The van der Waals surface area contributed by atoms with Gasteiger partial charge in [-0.25, -0.2) is 0 Å². The highest BCUT2D eigenvalue weighted by molar-refractivity contribution is 5.93. The average molecular weight is 286 g/mol. The predicted molar refractivity (Wildman–Crippen MR) is 84.3 cm³/mol. The van der Waals surface area contributed by atoms with E-state index >= 15 is 0 Å². The van der Waals surface area contributed by atoms with Gasteiger partial charge in [0.2, 0.25) is 11.8 Å². The van der Waals surface area contributed by atoms with Crippen LogP contribution in [0.4, 0.5) is 0 Å². The molecule has 0 saturated heterocycles. The van der Waals surface area contributed by atoms with Gasteiger partial charge in [0, 0.05) is 31.0 Å². The first-order valence-electron chi connectivity index (χ1n) is 7.44. The molecule has 0 aliphatic rings. The summed E-state index contributed by atoms with van der Waals surface area (Å²) in [7, 11) is 0. The first-order valence-corrected chi connectivity index (χ1v) is 7.44. The van der Waals surface area contributed by atoms with Crippen molar-refractivity contribution in [2.45, 2.75) is 33.1 Å². The Morgan fingerprint density at radius 2 is 1.90 bits per heavy atom. The standard InChI is InChI=1S/C17H22N2O2/c1-13(2)9-11-18-16(20)7-8-17(21)19-12-10-14-5-3-4-6-15(14)19/h3-6,10,12-13H,7-9,11H2,1-2H3,(H,18,20). The van der Waals surface area contributed by atoms with Crippen molar-refractivity contribution < 1.29 is 9.59 Å². The average Bonchev–Trinajstić information content (AvgIpc) is 2.88. The Morgan fingerprint density at radius 1 is 1.14 bits per heavy atom. The Labute approximate surface area is 125 Å².